The van der Waals surface area contributed by atoms with E-state index in [1.165, 1.54) is 6.08 Å². The Morgan fingerprint density at radius 1 is 1.02 bits per heavy atom. The minimum absolute atomic E-state index is 0.00363. The van der Waals surface area contributed by atoms with E-state index in [0.717, 1.165) is 51.7 Å². The molecule has 0 aromatic rings. The molecule has 6 heterocycles. The van der Waals surface area contributed by atoms with E-state index in [4.69, 9.17) is 0 Å². The van der Waals surface area contributed by atoms with Gasteiger partial charge in [0.2, 0.25) is 5.91 Å². The Morgan fingerprint density at radius 3 is 2.55 bits per heavy atom. The van der Waals surface area contributed by atoms with Crippen molar-refractivity contribution in [2.75, 3.05) is 32.7 Å². The number of carbonyl (C=O) groups excluding carboxylic acids is 2. The third-order valence-corrected chi connectivity index (χ3v) is 12.8. The number of piperidine rings is 2. The van der Waals surface area contributed by atoms with E-state index in [9.17, 15) is 9.59 Å². The second-order valence-corrected chi connectivity index (χ2v) is 15.5. The molecule has 1 spiro atoms. The van der Waals surface area contributed by atoms with Gasteiger partial charge in [0.25, 0.3) is 0 Å². The van der Waals surface area contributed by atoms with Gasteiger partial charge in [0.05, 0.1) is 18.4 Å². The van der Waals surface area contributed by atoms with Crippen molar-refractivity contribution in [1.82, 2.24) is 36.0 Å². The Balaban J connectivity index is 1.22. The highest BCUT2D eigenvalue weighted by atomic mass is 19.1. The van der Waals surface area contributed by atoms with Crippen LogP contribution < -0.4 is 21.3 Å². The fraction of sp³-hybridized carbons (Fsp3) is 0.879. The van der Waals surface area contributed by atoms with Crippen molar-refractivity contribution < 1.29 is 18.4 Å². The molecule has 1 aliphatic carbocycles. The smallest absolute Gasteiger partial charge is 0.320 e. The lowest BCUT2D eigenvalue weighted by molar-refractivity contribution is -0.200. The molecule has 6 saturated heterocycles. The van der Waals surface area contributed by atoms with E-state index in [-0.39, 0.29) is 66.2 Å². The summed E-state index contributed by atoms with van der Waals surface area (Å²) in [6, 6.07) is -0.562. The number of rotatable bonds is 3. The summed E-state index contributed by atoms with van der Waals surface area (Å²) in [4.78, 5) is 32.8. The Kier molecular flexibility index (Phi) is 8.24. The number of alkyl halides is 2. The van der Waals surface area contributed by atoms with Crippen LogP contribution in [0.2, 0.25) is 0 Å². The summed E-state index contributed by atoms with van der Waals surface area (Å²) < 4.78 is 32.3. The van der Waals surface area contributed by atoms with Crippen LogP contribution in [-0.2, 0) is 4.79 Å². The molecule has 9 nitrogen and oxygen atoms in total. The number of nitrogens with zero attached hydrogens (tertiary/aromatic N) is 3. The molecule has 7 aliphatic rings. The molecule has 0 aromatic heterocycles. The van der Waals surface area contributed by atoms with Crippen molar-refractivity contribution in [3.05, 3.63) is 12.7 Å². The molecule has 0 aromatic carbocycles. The van der Waals surface area contributed by atoms with Crippen LogP contribution in [0.25, 0.3) is 0 Å². The van der Waals surface area contributed by atoms with Gasteiger partial charge in [-0.25, -0.2) is 13.6 Å². The first-order valence-corrected chi connectivity index (χ1v) is 17.4. The molecule has 3 amide bonds. The average Bonchev–Trinajstić information content (AvgIpc) is 2.97. The van der Waals surface area contributed by atoms with E-state index in [1.807, 2.05) is 4.90 Å². The fourth-order valence-corrected chi connectivity index (χ4v) is 10.5. The second-order valence-electron chi connectivity index (χ2n) is 15.5. The van der Waals surface area contributed by atoms with Crippen LogP contribution in [0.4, 0.5) is 13.6 Å². The Hall–Kier alpha value is -1.82. The van der Waals surface area contributed by atoms with Gasteiger partial charge < -0.3 is 25.8 Å². The van der Waals surface area contributed by atoms with Gasteiger partial charge in [0.1, 0.15) is 12.3 Å². The number of nitrogens with one attached hydrogen (secondary N) is 4. The lowest BCUT2D eigenvalue weighted by Gasteiger charge is -2.68. The van der Waals surface area contributed by atoms with E-state index >= 15 is 8.78 Å². The summed E-state index contributed by atoms with van der Waals surface area (Å²) >= 11 is 0. The SMILES string of the molecule is C=CC(=O)N1CC2(C1)CN(C1NC(=O)N3C4NC(C(F)CC41)C1C(F)CCCC1NCCCC1CCNC(C(C)C)C13)[C@@H]2C. The lowest BCUT2D eigenvalue weighted by atomic mass is 9.65. The number of hydrogen-bond donors (Lipinski definition) is 4. The monoisotopic (exact) mass is 617 g/mol. The molecular formula is C33H53F2N7O2. The lowest BCUT2D eigenvalue weighted by Crippen LogP contribution is -2.84. The predicted octanol–water partition coefficient (Wildman–Crippen LogP) is 2.59. The molecule has 2 bridgehead atoms. The molecule has 11 unspecified atom stereocenters. The molecule has 12 atom stereocenters. The van der Waals surface area contributed by atoms with Gasteiger partial charge in [-0.05, 0) is 82.9 Å². The molecule has 44 heavy (non-hydrogen) atoms. The number of hydrogen-bond acceptors (Lipinski definition) is 6. The van der Waals surface area contributed by atoms with E-state index in [1.54, 1.807) is 0 Å². The van der Waals surface area contributed by atoms with E-state index in [2.05, 4.69) is 58.4 Å². The number of carbonyl (C=O) groups is 2. The zero-order valence-electron chi connectivity index (χ0n) is 26.7. The van der Waals surface area contributed by atoms with Crippen LogP contribution in [0.15, 0.2) is 12.7 Å². The molecule has 6 aliphatic heterocycles. The average molecular weight is 618 g/mol. The first-order valence-electron chi connectivity index (χ1n) is 17.4. The summed E-state index contributed by atoms with van der Waals surface area (Å²) in [6.45, 7) is 14.1. The van der Waals surface area contributed by atoms with Crippen LogP contribution in [0.5, 0.6) is 0 Å². The van der Waals surface area contributed by atoms with Crippen molar-refractivity contribution in [3.63, 3.8) is 0 Å². The molecule has 11 heteroatoms. The van der Waals surface area contributed by atoms with Crippen LogP contribution in [0.3, 0.4) is 0 Å². The maximum atomic E-state index is 16.5. The number of amides is 3. The summed E-state index contributed by atoms with van der Waals surface area (Å²) in [5.74, 6) is -0.0341. The van der Waals surface area contributed by atoms with Crippen LogP contribution in [0.1, 0.15) is 65.7 Å². The summed E-state index contributed by atoms with van der Waals surface area (Å²) in [6.07, 6.45) is 3.80. The molecule has 4 N–H and O–H groups in total. The highest BCUT2D eigenvalue weighted by Crippen LogP contribution is 2.49. The van der Waals surface area contributed by atoms with E-state index in [0.29, 0.717) is 31.3 Å². The Labute approximate surface area is 261 Å². The number of urea groups is 1. The zero-order valence-corrected chi connectivity index (χ0v) is 26.7. The number of likely N-dealkylation sites (tertiary alicyclic amines) is 2. The minimum Gasteiger partial charge on any atom is -0.338 e. The Morgan fingerprint density at radius 2 is 1.82 bits per heavy atom. The van der Waals surface area contributed by atoms with Crippen LogP contribution >= 0.6 is 0 Å². The standard InChI is InChI=1S/C33H53F2N7O2/c1-5-25(43)40-15-33(16-40)17-41(19(33)4)30-21-14-23(35)28-26-22(34)9-6-10-24(26)36-12-7-8-20-11-13-37-27(18(2)3)29(20)42(31(21)38-28)32(44)39-30/h5,18-24,26-31,36-38H,1,6-17H2,2-4H3,(H,39,44)/t19-,20?,21?,22?,23?,24?,26?,27?,28?,29?,30?,31?/m1/s1. The third-order valence-electron chi connectivity index (χ3n) is 12.8. The number of halogens is 2. The van der Waals surface area contributed by atoms with Gasteiger partial charge in [0, 0.05) is 61.1 Å². The molecular weight excluding hydrogens is 564 g/mol. The predicted molar refractivity (Wildman–Crippen MR) is 165 cm³/mol. The first kappa shape index (κ1) is 30.8. The van der Waals surface area contributed by atoms with Crippen LogP contribution in [-0.4, -0.2) is 114 Å². The maximum Gasteiger partial charge on any atom is 0.320 e. The molecule has 0 radical (unpaired) electrons. The summed E-state index contributed by atoms with van der Waals surface area (Å²) in [7, 11) is 0. The molecule has 246 valence electrons. The highest BCUT2D eigenvalue weighted by Gasteiger charge is 2.63. The van der Waals surface area contributed by atoms with Crippen molar-refractivity contribution in [2.24, 2.45) is 29.1 Å². The zero-order chi connectivity index (χ0) is 30.9. The number of fused-ring (bicyclic) bond motifs is 5. The fourth-order valence-electron chi connectivity index (χ4n) is 10.5. The normalized spacial score (nSPS) is 45.5. The summed E-state index contributed by atoms with van der Waals surface area (Å²) in [5.41, 5.74) is -0.00363. The van der Waals surface area contributed by atoms with Crippen LogP contribution in [0, 0.1) is 29.1 Å². The van der Waals surface area contributed by atoms with Gasteiger partial charge in [-0.15, -0.1) is 0 Å². The second kappa shape index (κ2) is 11.8. The Bertz CT molecular complexity index is 1120. The van der Waals surface area contributed by atoms with Crippen molar-refractivity contribution in [3.8, 4) is 0 Å². The van der Waals surface area contributed by atoms with Gasteiger partial charge in [-0.1, -0.05) is 20.4 Å². The van der Waals surface area contributed by atoms with Gasteiger partial charge >= 0.3 is 6.03 Å². The summed E-state index contributed by atoms with van der Waals surface area (Å²) in [5, 5.41) is 14.5. The van der Waals surface area contributed by atoms with Gasteiger partial charge in [0.15, 0.2) is 0 Å². The van der Waals surface area contributed by atoms with Crippen molar-refractivity contribution in [1.29, 1.82) is 0 Å². The quantitative estimate of drug-likeness (QED) is 0.364. The third kappa shape index (κ3) is 4.90. The van der Waals surface area contributed by atoms with Gasteiger partial charge in [-0.3, -0.25) is 15.0 Å². The van der Waals surface area contributed by atoms with Gasteiger partial charge in [-0.2, -0.15) is 0 Å². The minimum atomic E-state index is -1.21. The first-order chi connectivity index (χ1) is 21.1. The largest absolute Gasteiger partial charge is 0.338 e. The maximum absolute atomic E-state index is 16.5. The van der Waals surface area contributed by atoms with E-state index < -0.39 is 24.3 Å². The van der Waals surface area contributed by atoms with Crippen molar-refractivity contribution >= 4 is 11.9 Å². The molecule has 7 fully saturated rings. The highest BCUT2D eigenvalue weighted by molar-refractivity contribution is 5.87. The topological polar surface area (TPSA) is 92.0 Å². The van der Waals surface area contributed by atoms with Crippen molar-refractivity contribution in [2.45, 2.75) is 121 Å². The molecule has 7 rings (SSSR count). The molecule has 1 saturated carbocycles.